The summed E-state index contributed by atoms with van der Waals surface area (Å²) in [5.74, 6) is 0. The third-order valence-electron chi connectivity index (χ3n) is 6.26. The highest BCUT2D eigenvalue weighted by atomic mass is 32.1. The molecule has 0 aliphatic carbocycles. The zero-order valence-corrected chi connectivity index (χ0v) is 18.5. The van der Waals surface area contributed by atoms with Crippen molar-refractivity contribution in [2.24, 2.45) is 0 Å². The summed E-state index contributed by atoms with van der Waals surface area (Å²) in [6, 6.07) is 38.3. The van der Waals surface area contributed by atoms with E-state index < -0.39 is 0 Å². The largest absolute Gasteiger partial charge is 0.454 e. The second-order valence-electron chi connectivity index (χ2n) is 8.27. The van der Waals surface area contributed by atoms with Crippen LogP contribution in [-0.4, -0.2) is 0 Å². The molecule has 7 aromatic rings. The average molecular weight is 442 g/mol. The molecular weight excluding hydrogens is 422 g/mol. The number of fused-ring (bicyclic) bond motifs is 6. The SMILES string of the molecule is c1ccc(-c2cc(Nc3cccc4c3sc3ccccc34)c3oc4ccccc4c3c2)cc1. The average Bonchev–Trinajstić information content (AvgIpc) is 3.44. The van der Waals surface area contributed by atoms with Gasteiger partial charge in [0.25, 0.3) is 0 Å². The molecule has 0 aliphatic heterocycles. The van der Waals surface area contributed by atoms with Gasteiger partial charge in [-0.2, -0.15) is 0 Å². The minimum Gasteiger partial charge on any atom is -0.454 e. The molecule has 0 fully saturated rings. The zero-order valence-electron chi connectivity index (χ0n) is 17.7. The van der Waals surface area contributed by atoms with Gasteiger partial charge in [0, 0.05) is 26.2 Å². The maximum Gasteiger partial charge on any atom is 0.158 e. The van der Waals surface area contributed by atoms with Gasteiger partial charge in [-0.15, -0.1) is 11.3 Å². The second-order valence-corrected chi connectivity index (χ2v) is 9.32. The maximum absolute atomic E-state index is 6.36. The summed E-state index contributed by atoms with van der Waals surface area (Å²) >= 11 is 1.83. The van der Waals surface area contributed by atoms with Gasteiger partial charge in [0.05, 0.1) is 16.1 Å². The van der Waals surface area contributed by atoms with Crippen molar-refractivity contribution in [3.05, 3.63) is 109 Å². The highest BCUT2D eigenvalue weighted by Gasteiger charge is 2.15. The molecule has 0 radical (unpaired) electrons. The molecule has 33 heavy (non-hydrogen) atoms. The van der Waals surface area contributed by atoms with Crippen molar-refractivity contribution in [3.63, 3.8) is 0 Å². The van der Waals surface area contributed by atoms with Gasteiger partial charge in [-0.1, -0.05) is 78.9 Å². The highest BCUT2D eigenvalue weighted by molar-refractivity contribution is 7.26. The number of thiophene rings is 1. The van der Waals surface area contributed by atoms with Crippen molar-refractivity contribution < 1.29 is 4.42 Å². The second kappa shape index (κ2) is 7.22. The van der Waals surface area contributed by atoms with Crippen LogP contribution in [0.3, 0.4) is 0 Å². The predicted molar refractivity (Wildman–Crippen MR) is 142 cm³/mol. The summed E-state index contributed by atoms with van der Waals surface area (Å²) in [7, 11) is 0. The van der Waals surface area contributed by atoms with Gasteiger partial charge in [-0.05, 0) is 41.5 Å². The van der Waals surface area contributed by atoms with Crippen molar-refractivity contribution in [3.8, 4) is 11.1 Å². The number of rotatable bonds is 3. The number of nitrogens with one attached hydrogen (secondary N) is 1. The fraction of sp³-hybridized carbons (Fsp3) is 0. The molecule has 0 bridgehead atoms. The Kier molecular flexibility index (Phi) is 4.05. The lowest BCUT2D eigenvalue weighted by molar-refractivity contribution is 0.670. The Morgan fingerprint density at radius 1 is 0.545 bits per heavy atom. The molecule has 0 saturated heterocycles. The number of anilines is 2. The fourth-order valence-electron chi connectivity index (χ4n) is 4.71. The molecule has 2 nitrogen and oxygen atoms in total. The Balaban J connectivity index is 1.48. The highest BCUT2D eigenvalue weighted by Crippen LogP contribution is 2.42. The Morgan fingerprint density at radius 3 is 2.21 bits per heavy atom. The summed E-state index contributed by atoms with van der Waals surface area (Å²) in [5, 5.41) is 8.57. The Bertz CT molecular complexity index is 1790. The van der Waals surface area contributed by atoms with Gasteiger partial charge < -0.3 is 9.73 Å². The fourth-order valence-corrected chi connectivity index (χ4v) is 5.88. The number of hydrogen-bond donors (Lipinski definition) is 1. The maximum atomic E-state index is 6.36. The van der Waals surface area contributed by atoms with Gasteiger partial charge in [0.2, 0.25) is 0 Å². The summed E-state index contributed by atoms with van der Waals surface area (Å²) < 4.78 is 8.92. The van der Waals surface area contributed by atoms with Crippen molar-refractivity contribution in [2.45, 2.75) is 0 Å². The van der Waals surface area contributed by atoms with Gasteiger partial charge >= 0.3 is 0 Å². The van der Waals surface area contributed by atoms with E-state index in [1.807, 2.05) is 23.5 Å². The molecule has 0 spiro atoms. The predicted octanol–water partition coefficient (Wildman–Crippen LogP) is 9.36. The van der Waals surface area contributed by atoms with E-state index in [4.69, 9.17) is 4.42 Å². The van der Waals surface area contributed by atoms with E-state index in [-0.39, 0.29) is 0 Å². The molecule has 156 valence electrons. The van der Waals surface area contributed by atoms with Crippen molar-refractivity contribution in [1.29, 1.82) is 0 Å². The lowest BCUT2D eigenvalue weighted by Crippen LogP contribution is -1.92. The van der Waals surface area contributed by atoms with Crippen LogP contribution < -0.4 is 5.32 Å². The van der Waals surface area contributed by atoms with Crippen LogP contribution in [0.5, 0.6) is 0 Å². The zero-order chi connectivity index (χ0) is 21.8. The first kappa shape index (κ1) is 18.5. The van der Waals surface area contributed by atoms with E-state index in [9.17, 15) is 0 Å². The van der Waals surface area contributed by atoms with Crippen LogP contribution in [-0.2, 0) is 0 Å². The van der Waals surface area contributed by atoms with Crippen LogP contribution in [0.2, 0.25) is 0 Å². The molecular formula is C30H19NOS. The minimum atomic E-state index is 0.883. The summed E-state index contributed by atoms with van der Waals surface area (Å²) in [5.41, 5.74) is 6.22. The van der Waals surface area contributed by atoms with Crippen LogP contribution in [0.15, 0.2) is 114 Å². The van der Waals surface area contributed by atoms with Crippen molar-refractivity contribution in [2.75, 3.05) is 5.32 Å². The standard InChI is InChI=1S/C30H19NOS/c1-2-9-19(10-3-1)20-17-24-21-11-4-6-15-27(21)32-29(24)26(18-20)31-25-14-8-13-23-22-12-5-7-16-28(22)33-30(23)25/h1-18,31H. The molecule has 2 aromatic heterocycles. The molecule has 0 aliphatic rings. The van der Waals surface area contributed by atoms with Crippen LogP contribution in [0, 0.1) is 0 Å². The molecule has 5 aromatic carbocycles. The third kappa shape index (κ3) is 2.94. The Morgan fingerprint density at radius 2 is 1.30 bits per heavy atom. The third-order valence-corrected chi connectivity index (χ3v) is 7.48. The molecule has 0 amide bonds. The first-order chi connectivity index (χ1) is 16.3. The first-order valence-corrected chi connectivity index (χ1v) is 11.8. The van der Waals surface area contributed by atoms with E-state index in [1.54, 1.807) is 0 Å². The molecule has 7 rings (SSSR count). The van der Waals surface area contributed by atoms with E-state index in [0.717, 1.165) is 33.3 Å². The van der Waals surface area contributed by atoms with Gasteiger partial charge in [-0.3, -0.25) is 0 Å². The number of furan rings is 1. The first-order valence-electron chi connectivity index (χ1n) is 11.0. The lowest BCUT2D eigenvalue weighted by atomic mass is 10.0. The summed E-state index contributed by atoms with van der Waals surface area (Å²) in [6.07, 6.45) is 0. The molecule has 3 heteroatoms. The van der Waals surface area contributed by atoms with Crippen LogP contribution in [0.25, 0.3) is 53.2 Å². The van der Waals surface area contributed by atoms with E-state index in [1.165, 1.54) is 31.3 Å². The quantitative estimate of drug-likeness (QED) is 0.295. The van der Waals surface area contributed by atoms with Crippen LogP contribution in [0.4, 0.5) is 11.4 Å². The van der Waals surface area contributed by atoms with E-state index in [0.29, 0.717) is 0 Å². The summed E-state index contributed by atoms with van der Waals surface area (Å²) in [4.78, 5) is 0. The number of para-hydroxylation sites is 1. The number of benzene rings is 5. The smallest absolute Gasteiger partial charge is 0.158 e. The van der Waals surface area contributed by atoms with E-state index >= 15 is 0 Å². The summed E-state index contributed by atoms with van der Waals surface area (Å²) in [6.45, 7) is 0. The van der Waals surface area contributed by atoms with Crippen LogP contribution in [0.1, 0.15) is 0 Å². The molecule has 0 saturated carbocycles. The van der Waals surface area contributed by atoms with Gasteiger partial charge in [-0.25, -0.2) is 0 Å². The minimum absolute atomic E-state index is 0.883. The van der Waals surface area contributed by atoms with Crippen LogP contribution >= 0.6 is 11.3 Å². The van der Waals surface area contributed by atoms with Crippen molar-refractivity contribution >= 4 is 64.8 Å². The van der Waals surface area contributed by atoms with E-state index in [2.05, 4.69) is 102 Å². The van der Waals surface area contributed by atoms with Crippen molar-refractivity contribution in [1.82, 2.24) is 0 Å². The van der Waals surface area contributed by atoms with Gasteiger partial charge in [0.15, 0.2) is 5.58 Å². The molecule has 0 unspecified atom stereocenters. The Labute approximate surface area is 194 Å². The number of hydrogen-bond acceptors (Lipinski definition) is 3. The molecule has 1 N–H and O–H groups in total. The molecule has 0 atom stereocenters. The molecule has 2 heterocycles. The lowest BCUT2D eigenvalue weighted by Gasteiger charge is -2.11. The normalized spacial score (nSPS) is 11.6. The monoisotopic (exact) mass is 441 g/mol. The topological polar surface area (TPSA) is 25.2 Å². The van der Waals surface area contributed by atoms with Gasteiger partial charge in [0.1, 0.15) is 5.58 Å². The Hall–Kier alpha value is -4.08.